The molecule has 0 unspecified atom stereocenters. The minimum absolute atomic E-state index is 0.456. The number of benzene rings is 1. The Hall–Kier alpha value is -1.59. The molecule has 2 N–H and O–H groups in total. The summed E-state index contributed by atoms with van der Waals surface area (Å²) in [4.78, 5) is 4.25. The number of nitrogens with zero attached hydrogens (tertiary/aromatic N) is 2. The second-order valence-electron chi connectivity index (χ2n) is 3.85. The Kier molecular flexibility index (Phi) is 3.84. The van der Waals surface area contributed by atoms with Crippen molar-refractivity contribution in [3.63, 3.8) is 0 Å². The second kappa shape index (κ2) is 5.37. The molecule has 0 fully saturated rings. The fourth-order valence-electron chi connectivity index (χ4n) is 1.59. The van der Waals surface area contributed by atoms with Gasteiger partial charge in [0.05, 0.1) is 12.7 Å². The third-order valence-corrected chi connectivity index (χ3v) is 2.96. The molecule has 0 bridgehead atoms. The molecule has 1 heterocycles. The summed E-state index contributed by atoms with van der Waals surface area (Å²) in [5.74, 6) is 1.63. The molecule has 0 saturated carbocycles. The SMILES string of the molecule is COc1cc(C)c(Cl)cc1-c1noc(CCN)n1. The highest BCUT2D eigenvalue weighted by Crippen LogP contribution is 2.33. The molecule has 2 rings (SSSR count). The molecule has 5 nitrogen and oxygen atoms in total. The lowest BCUT2D eigenvalue weighted by Gasteiger charge is -2.07. The lowest BCUT2D eigenvalue weighted by molar-refractivity contribution is 0.379. The average molecular weight is 268 g/mol. The van der Waals surface area contributed by atoms with Gasteiger partial charge in [0.25, 0.3) is 0 Å². The van der Waals surface area contributed by atoms with Gasteiger partial charge in [0.1, 0.15) is 5.75 Å². The van der Waals surface area contributed by atoms with Gasteiger partial charge in [-0.05, 0) is 24.6 Å². The van der Waals surface area contributed by atoms with Crippen molar-refractivity contribution >= 4 is 11.6 Å². The van der Waals surface area contributed by atoms with E-state index >= 15 is 0 Å². The van der Waals surface area contributed by atoms with E-state index in [1.54, 1.807) is 13.2 Å². The first kappa shape index (κ1) is 12.9. The van der Waals surface area contributed by atoms with Crippen LogP contribution in [0.25, 0.3) is 11.4 Å². The van der Waals surface area contributed by atoms with Gasteiger partial charge in [0.15, 0.2) is 0 Å². The van der Waals surface area contributed by atoms with Gasteiger partial charge in [0, 0.05) is 18.0 Å². The van der Waals surface area contributed by atoms with Gasteiger partial charge < -0.3 is 15.0 Å². The normalized spacial score (nSPS) is 10.7. The van der Waals surface area contributed by atoms with Crippen molar-refractivity contribution in [3.05, 3.63) is 28.6 Å². The predicted molar refractivity (Wildman–Crippen MR) is 68.8 cm³/mol. The first-order valence-corrected chi connectivity index (χ1v) is 5.90. The van der Waals surface area contributed by atoms with Crippen molar-refractivity contribution in [2.45, 2.75) is 13.3 Å². The van der Waals surface area contributed by atoms with E-state index in [1.807, 2.05) is 13.0 Å². The highest BCUT2D eigenvalue weighted by Gasteiger charge is 2.15. The molecule has 6 heteroatoms. The molecule has 2 aromatic rings. The maximum atomic E-state index is 6.10. The highest BCUT2D eigenvalue weighted by molar-refractivity contribution is 6.31. The quantitative estimate of drug-likeness (QED) is 0.919. The van der Waals surface area contributed by atoms with Crippen molar-refractivity contribution in [1.82, 2.24) is 10.1 Å². The number of aryl methyl sites for hydroxylation is 1. The van der Waals surface area contributed by atoms with Crippen LogP contribution in [0, 0.1) is 6.92 Å². The van der Waals surface area contributed by atoms with E-state index in [4.69, 9.17) is 26.6 Å². The molecule has 0 saturated heterocycles. The predicted octanol–water partition coefficient (Wildman–Crippen LogP) is 2.21. The van der Waals surface area contributed by atoms with E-state index in [1.165, 1.54) is 0 Å². The molecule has 0 aliphatic heterocycles. The van der Waals surface area contributed by atoms with Crippen LogP contribution >= 0.6 is 11.6 Å². The Morgan fingerprint density at radius 1 is 1.44 bits per heavy atom. The molecule has 0 amide bonds. The summed E-state index contributed by atoms with van der Waals surface area (Å²) < 4.78 is 10.4. The van der Waals surface area contributed by atoms with Gasteiger partial charge in [-0.1, -0.05) is 16.8 Å². The Labute approximate surface area is 110 Å². The number of halogens is 1. The lowest BCUT2D eigenvalue weighted by Crippen LogP contribution is -2.02. The van der Waals surface area contributed by atoms with Gasteiger partial charge in [-0.25, -0.2) is 0 Å². The first-order valence-electron chi connectivity index (χ1n) is 5.53. The summed E-state index contributed by atoms with van der Waals surface area (Å²) in [6.07, 6.45) is 0.551. The summed E-state index contributed by atoms with van der Waals surface area (Å²) in [6.45, 7) is 2.37. The van der Waals surface area contributed by atoms with Crippen LogP contribution in [0.3, 0.4) is 0 Å². The molecule has 0 radical (unpaired) electrons. The Morgan fingerprint density at radius 3 is 2.89 bits per heavy atom. The zero-order chi connectivity index (χ0) is 13.1. The largest absolute Gasteiger partial charge is 0.496 e. The number of aromatic nitrogens is 2. The summed E-state index contributed by atoms with van der Waals surface area (Å²) in [6, 6.07) is 3.61. The zero-order valence-corrected chi connectivity index (χ0v) is 11.0. The lowest BCUT2D eigenvalue weighted by atomic mass is 10.1. The Bertz CT molecular complexity index is 554. The average Bonchev–Trinajstić information content (AvgIpc) is 2.81. The maximum absolute atomic E-state index is 6.10. The number of nitrogens with two attached hydrogens (primary N) is 1. The van der Waals surface area contributed by atoms with Gasteiger partial charge in [-0.2, -0.15) is 4.98 Å². The monoisotopic (exact) mass is 267 g/mol. The Morgan fingerprint density at radius 2 is 2.22 bits per heavy atom. The molecular formula is C12H14ClN3O2. The molecule has 0 spiro atoms. The van der Waals surface area contributed by atoms with Crippen molar-refractivity contribution in [2.75, 3.05) is 13.7 Å². The summed E-state index contributed by atoms with van der Waals surface area (Å²) >= 11 is 6.10. The molecule has 0 aliphatic carbocycles. The highest BCUT2D eigenvalue weighted by atomic mass is 35.5. The van der Waals surface area contributed by atoms with Crippen LogP contribution < -0.4 is 10.5 Å². The molecule has 18 heavy (non-hydrogen) atoms. The number of ether oxygens (including phenoxy) is 1. The van der Waals surface area contributed by atoms with Crippen LogP contribution in [-0.2, 0) is 6.42 Å². The molecular weight excluding hydrogens is 254 g/mol. The third-order valence-electron chi connectivity index (χ3n) is 2.55. The smallest absolute Gasteiger partial charge is 0.228 e. The van der Waals surface area contributed by atoms with E-state index in [-0.39, 0.29) is 0 Å². The summed E-state index contributed by atoms with van der Waals surface area (Å²) in [5.41, 5.74) is 7.08. The molecule has 96 valence electrons. The summed E-state index contributed by atoms with van der Waals surface area (Å²) in [7, 11) is 1.59. The van der Waals surface area contributed by atoms with Crippen LogP contribution in [0.1, 0.15) is 11.5 Å². The van der Waals surface area contributed by atoms with Gasteiger partial charge in [-0.3, -0.25) is 0 Å². The van der Waals surface area contributed by atoms with Crippen LogP contribution in [0.4, 0.5) is 0 Å². The topological polar surface area (TPSA) is 74.2 Å². The standard InChI is InChI=1S/C12H14ClN3O2/c1-7-5-10(17-2)8(6-9(7)13)12-15-11(3-4-14)18-16-12/h5-6H,3-4,14H2,1-2H3. The number of hydrogen-bond donors (Lipinski definition) is 1. The van der Waals surface area contributed by atoms with Crippen LogP contribution in [0.5, 0.6) is 5.75 Å². The Balaban J connectivity index is 2.45. The van der Waals surface area contributed by atoms with Gasteiger partial charge >= 0.3 is 0 Å². The van der Waals surface area contributed by atoms with Crippen LogP contribution in [0.2, 0.25) is 5.02 Å². The molecule has 0 aliphatic rings. The van der Waals surface area contributed by atoms with E-state index < -0.39 is 0 Å². The van der Waals surface area contributed by atoms with Crippen molar-refractivity contribution in [1.29, 1.82) is 0 Å². The number of rotatable bonds is 4. The molecule has 1 aromatic heterocycles. The second-order valence-corrected chi connectivity index (χ2v) is 4.26. The van der Waals surface area contributed by atoms with Gasteiger partial charge in [-0.15, -0.1) is 0 Å². The molecule has 0 atom stereocenters. The van der Waals surface area contributed by atoms with Crippen molar-refractivity contribution in [3.8, 4) is 17.1 Å². The van der Waals surface area contributed by atoms with E-state index in [9.17, 15) is 0 Å². The van der Waals surface area contributed by atoms with Crippen molar-refractivity contribution in [2.24, 2.45) is 5.73 Å². The van der Waals surface area contributed by atoms with Crippen LogP contribution in [-0.4, -0.2) is 23.8 Å². The number of methoxy groups -OCH3 is 1. The maximum Gasteiger partial charge on any atom is 0.228 e. The van der Waals surface area contributed by atoms with Crippen LogP contribution in [0.15, 0.2) is 16.7 Å². The van der Waals surface area contributed by atoms with E-state index in [0.717, 1.165) is 5.56 Å². The fraction of sp³-hybridized carbons (Fsp3) is 0.333. The number of hydrogen-bond acceptors (Lipinski definition) is 5. The first-order chi connectivity index (χ1) is 8.65. The minimum Gasteiger partial charge on any atom is -0.496 e. The third kappa shape index (κ3) is 2.47. The molecule has 1 aromatic carbocycles. The summed E-state index contributed by atoms with van der Waals surface area (Å²) in [5, 5.41) is 4.54. The zero-order valence-electron chi connectivity index (χ0n) is 10.2. The van der Waals surface area contributed by atoms with Crippen molar-refractivity contribution < 1.29 is 9.26 Å². The minimum atomic E-state index is 0.456. The fourth-order valence-corrected chi connectivity index (χ4v) is 1.75. The van der Waals surface area contributed by atoms with E-state index in [0.29, 0.717) is 41.0 Å². The van der Waals surface area contributed by atoms with E-state index in [2.05, 4.69) is 10.1 Å². The van der Waals surface area contributed by atoms with Gasteiger partial charge in [0.2, 0.25) is 11.7 Å².